The first-order valence-corrected chi connectivity index (χ1v) is 10.1. The van der Waals surface area contributed by atoms with Gasteiger partial charge < -0.3 is 14.4 Å². The molecular formula is C24H25F2NO3. The van der Waals surface area contributed by atoms with Crippen LogP contribution in [0.1, 0.15) is 48.7 Å². The Kier molecular flexibility index (Phi) is 7.22. The van der Waals surface area contributed by atoms with Crippen LogP contribution in [0.4, 0.5) is 8.78 Å². The minimum absolute atomic E-state index is 0.0831. The van der Waals surface area contributed by atoms with E-state index in [9.17, 15) is 18.7 Å². The first-order chi connectivity index (χ1) is 14.5. The van der Waals surface area contributed by atoms with Gasteiger partial charge >= 0.3 is 5.97 Å². The van der Waals surface area contributed by atoms with Gasteiger partial charge in [0.25, 0.3) is 0 Å². The molecule has 0 aliphatic rings. The number of rotatable bonds is 10. The van der Waals surface area contributed by atoms with Crippen LogP contribution in [0.25, 0.3) is 11.1 Å². The quantitative estimate of drug-likeness (QED) is 0.397. The molecule has 30 heavy (non-hydrogen) atoms. The van der Waals surface area contributed by atoms with Crippen LogP contribution in [0.5, 0.6) is 5.75 Å². The van der Waals surface area contributed by atoms with Gasteiger partial charge in [-0.05, 0) is 48.4 Å². The number of benzene rings is 2. The Morgan fingerprint density at radius 2 is 1.77 bits per heavy atom. The topological polar surface area (TPSA) is 51.5 Å². The van der Waals surface area contributed by atoms with Crippen LogP contribution in [0.15, 0.2) is 54.7 Å². The molecule has 0 saturated carbocycles. The summed E-state index contributed by atoms with van der Waals surface area (Å²) in [7, 11) is 0. The number of halogens is 2. The molecule has 3 rings (SSSR count). The molecule has 2 aromatic carbocycles. The molecule has 1 aromatic heterocycles. The molecule has 0 radical (unpaired) electrons. The fraction of sp³-hybridized carbons (Fsp3) is 0.292. The van der Waals surface area contributed by atoms with Crippen LogP contribution >= 0.6 is 0 Å². The van der Waals surface area contributed by atoms with Gasteiger partial charge in [-0.3, -0.25) is 0 Å². The molecule has 0 amide bonds. The van der Waals surface area contributed by atoms with Gasteiger partial charge in [0.1, 0.15) is 29.7 Å². The van der Waals surface area contributed by atoms with Crippen LogP contribution in [0, 0.1) is 11.6 Å². The van der Waals surface area contributed by atoms with Crippen LogP contribution in [0.3, 0.4) is 0 Å². The van der Waals surface area contributed by atoms with Gasteiger partial charge in [-0.25, -0.2) is 13.6 Å². The molecule has 0 atom stereocenters. The van der Waals surface area contributed by atoms with Crippen molar-refractivity contribution >= 4 is 5.97 Å². The van der Waals surface area contributed by atoms with Crippen LogP contribution in [-0.2, 0) is 13.2 Å². The summed E-state index contributed by atoms with van der Waals surface area (Å²) in [4.78, 5) is 11.6. The Bertz CT molecular complexity index is 996. The molecule has 1 heterocycles. The zero-order valence-corrected chi connectivity index (χ0v) is 16.9. The number of aromatic nitrogens is 1. The summed E-state index contributed by atoms with van der Waals surface area (Å²) in [6.45, 7) is 2.72. The second kappa shape index (κ2) is 10.1. The number of aryl methyl sites for hydroxylation is 1. The Morgan fingerprint density at radius 1 is 1.00 bits per heavy atom. The summed E-state index contributed by atoms with van der Waals surface area (Å²) in [5.74, 6) is -1.47. The monoisotopic (exact) mass is 413 g/mol. The minimum Gasteiger partial charge on any atom is -0.489 e. The maximum absolute atomic E-state index is 13.7. The number of carboxylic acid groups (broad SMARTS) is 1. The van der Waals surface area contributed by atoms with Crippen molar-refractivity contribution in [3.8, 4) is 16.9 Å². The van der Waals surface area contributed by atoms with Gasteiger partial charge in [-0.1, -0.05) is 38.3 Å². The standard InChI is InChI=1S/C24H25F2NO3/c1-2-3-4-5-12-27-15-18(14-23(27)24(28)29)17-6-9-21(10-7-17)30-16-19-13-20(25)8-11-22(19)26/h6-11,13-15H,2-5,12,16H2,1H3,(H,28,29). The van der Waals surface area contributed by atoms with E-state index in [0.717, 1.165) is 55.0 Å². The number of unbranched alkanes of at least 4 members (excludes halogenated alkanes) is 3. The molecule has 4 nitrogen and oxygen atoms in total. The molecule has 0 bridgehead atoms. The predicted octanol–water partition coefficient (Wildman–Crippen LogP) is 6.29. The molecule has 0 saturated heterocycles. The third-order valence-corrected chi connectivity index (χ3v) is 4.96. The minimum atomic E-state index is -0.950. The van der Waals surface area contributed by atoms with E-state index < -0.39 is 17.6 Å². The lowest BCUT2D eigenvalue weighted by Gasteiger charge is -2.08. The third-order valence-electron chi connectivity index (χ3n) is 4.96. The molecule has 6 heteroatoms. The molecule has 0 fully saturated rings. The SMILES string of the molecule is CCCCCCn1cc(-c2ccc(OCc3cc(F)ccc3F)cc2)cc1C(=O)O. The zero-order chi connectivity index (χ0) is 21.5. The Labute approximate surface area is 174 Å². The first kappa shape index (κ1) is 21.6. The number of nitrogens with zero attached hydrogens (tertiary/aromatic N) is 1. The molecule has 3 aromatic rings. The van der Waals surface area contributed by atoms with Gasteiger partial charge in [-0.15, -0.1) is 0 Å². The van der Waals surface area contributed by atoms with Crippen molar-refractivity contribution < 1.29 is 23.4 Å². The second-order valence-electron chi connectivity index (χ2n) is 7.22. The van der Waals surface area contributed by atoms with Crippen LogP contribution in [-0.4, -0.2) is 15.6 Å². The van der Waals surface area contributed by atoms with E-state index >= 15 is 0 Å². The zero-order valence-electron chi connectivity index (χ0n) is 16.9. The Hall–Kier alpha value is -3.15. The average Bonchev–Trinajstić information content (AvgIpc) is 3.17. The lowest BCUT2D eigenvalue weighted by atomic mass is 10.1. The predicted molar refractivity (Wildman–Crippen MR) is 112 cm³/mol. The summed E-state index contributed by atoms with van der Waals surface area (Å²) in [6, 6.07) is 12.0. The van der Waals surface area contributed by atoms with Crippen molar-refractivity contribution in [3.63, 3.8) is 0 Å². The molecule has 0 spiro atoms. The molecule has 158 valence electrons. The smallest absolute Gasteiger partial charge is 0.352 e. The number of aromatic carboxylic acids is 1. The highest BCUT2D eigenvalue weighted by atomic mass is 19.1. The summed E-state index contributed by atoms with van der Waals surface area (Å²) >= 11 is 0. The van der Waals surface area contributed by atoms with Crippen molar-refractivity contribution in [2.45, 2.75) is 45.8 Å². The van der Waals surface area contributed by atoms with Crippen LogP contribution < -0.4 is 4.74 Å². The van der Waals surface area contributed by atoms with Crippen molar-refractivity contribution in [1.29, 1.82) is 0 Å². The van der Waals surface area contributed by atoms with Gasteiger partial charge in [0, 0.05) is 23.9 Å². The van der Waals surface area contributed by atoms with E-state index in [4.69, 9.17) is 4.74 Å². The largest absolute Gasteiger partial charge is 0.489 e. The lowest BCUT2D eigenvalue weighted by Crippen LogP contribution is -2.07. The molecule has 0 aliphatic heterocycles. The van der Waals surface area contributed by atoms with Gasteiger partial charge in [0.2, 0.25) is 0 Å². The van der Waals surface area contributed by atoms with E-state index in [1.165, 1.54) is 0 Å². The summed E-state index contributed by atoms with van der Waals surface area (Å²) in [6.07, 6.45) is 6.13. The van der Waals surface area contributed by atoms with E-state index in [1.807, 2.05) is 18.3 Å². The summed E-state index contributed by atoms with van der Waals surface area (Å²) in [5.41, 5.74) is 2.08. The Balaban J connectivity index is 1.69. The van der Waals surface area contributed by atoms with Crippen LogP contribution in [0.2, 0.25) is 0 Å². The highest BCUT2D eigenvalue weighted by Crippen LogP contribution is 2.26. The molecule has 0 unspecified atom stereocenters. The number of ether oxygens (including phenoxy) is 1. The maximum atomic E-state index is 13.7. The van der Waals surface area contributed by atoms with Crippen molar-refractivity contribution in [2.75, 3.05) is 0 Å². The normalized spacial score (nSPS) is 10.9. The number of carbonyl (C=O) groups is 1. The van der Waals surface area contributed by atoms with Crippen molar-refractivity contribution in [2.24, 2.45) is 0 Å². The van der Waals surface area contributed by atoms with E-state index in [1.54, 1.807) is 22.8 Å². The number of hydrogen-bond donors (Lipinski definition) is 1. The lowest BCUT2D eigenvalue weighted by molar-refractivity contribution is 0.0685. The molecule has 1 N–H and O–H groups in total. The van der Waals surface area contributed by atoms with E-state index in [2.05, 4.69) is 6.92 Å². The Morgan fingerprint density at radius 3 is 2.47 bits per heavy atom. The summed E-state index contributed by atoms with van der Waals surface area (Å²) in [5, 5.41) is 9.49. The van der Waals surface area contributed by atoms with Crippen molar-refractivity contribution in [3.05, 3.63) is 77.6 Å². The van der Waals surface area contributed by atoms with Gasteiger partial charge in [0.15, 0.2) is 0 Å². The van der Waals surface area contributed by atoms with Crippen molar-refractivity contribution in [1.82, 2.24) is 4.57 Å². The highest BCUT2D eigenvalue weighted by molar-refractivity contribution is 5.88. The van der Waals surface area contributed by atoms with Gasteiger partial charge in [-0.2, -0.15) is 0 Å². The second-order valence-corrected chi connectivity index (χ2v) is 7.22. The number of hydrogen-bond acceptors (Lipinski definition) is 2. The maximum Gasteiger partial charge on any atom is 0.352 e. The van der Waals surface area contributed by atoms with E-state index in [0.29, 0.717) is 12.3 Å². The van der Waals surface area contributed by atoms with E-state index in [-0.39, 0.29) is 17.9 Å². The highest BCUT2D eigenvalue weighted by Gasteiger charge is 2.13. The first-order valence-electron chi connectivity index (χ1n) is 10.1. The fourth-order valence-electron chi connectivity index (χ4n) is 3.30. The molecule has 0 aliphatic carbocycles. The fourth-order valence-corrected chi connectivity index (χ4v) is 3.30. The molecular weight excluding hydrogens is 388 g/mol. The third kappa shape index (κ3) is 5.47. The number of carboxylic acids is 1. The summed E-state index contributed by atoms with van der Waals surface area (Å²) < 4.78 is 34.3. The average molecular weight is 413 g/mol. The van der Waals surface area contributed by atoms with Gasteiger partial charge in [0.05, 0.1) is 0 Å².